The minimum Gasteiger partial charge on any atom is -0.478 e. The summed E-state index contributed by atoms with van der Waals surface area (Å²) >= 11 is 0. The molecule has 4 rings (SSSR count). The SMILES string of the molecule is O=C(O)c1cnn(N2CNC(=O)c3ccc(Cc4ccccc4)cc32)c1. The fraction of sp³-hybridized carbons (Fsp3) is 0.105. The minimum absolute atomic E-state index is 0.0869. The van der Waals surface area contributed by atoms with Crippen LogP contribution in [0.5, 0.6) is 0 Å². The molecular formula is C19H16N4O3. The Balaban J connectivity index is 1.71. The zero-order chi connectivity index (χ0) is 18.1. The smallest absolute Gasteiger partial charge is 0.338 e. The Hall–Kier alpha value is -3.61. The molecule has 0 fully saturated rings. The van der Waals surface area contributed by atoms with Crippen LogP contribution in [-0.4, -0.2) is 33.5 Å². The first-order valence-corrected chi connectivity index (χ1v) is 8.12. The number of hydrogen-bond donors (Lipinski definition) is 2. The van der Waals surface area contributed by atoms with Crippen molar-refractivity contribution in [3.05, 3.63) is 83.2 Å². The highest BCUT2D eigenvalue weighted by molar-refractivity contribution is 6.01. The third-order valence-corrected chi connectivity index (χ3v) is 4.29. The molecule has 1 aromatic heterocycles. The number of fused-ring (bicyclic) bond motifs is 1. The van der Waals surface area contributed by atoms with Crippen LogP contribution < -0.4 is 10.3 Å². The number of aromatic carboxylic acids is 1. The lowest BCUT2D eigenvalue weighted by molar-refractivity contribution is 0.0696. The number of nitrogens with one attached hydrogen (secondary N) is 1. The van der Waals surface area contributed by atoms with E-state index in [0.717, 1.165) is 12.0 Å². The number of anilines is 1. The van der Waals surface area contributed by atoms with Gasteiger partial charge >= 0.3 is 5.97 Å². The van der Waals surface area contributed by atoms with Crippen molar-refractivity contribution >= 4 is 17.6 Å². The maximum atomic E-state index is 12.2. The zero-order valence-corrected chi connectivity index (χ0v) is 13.8. The second kappa shape index (κ2) is 6.36. The van der Waals surface area contributed by atoms with Gasteiger partial charge in [0.25, 0.3) is 5.91 Å². The summed E-state index contributed by atoms with van der Waals surface area (Å²) in [4.78, 5) is 24.7. The van der Waals surface area contributed by atoms with Crippen molar-refractivity contribution in [2.75, 3.05) is 11.7 Å². The molecule has 2 heterocycles. The van der Waals surface area contributed by atoms with Gasteiger partial charge in [-0.1, -0.05) is 36.4 Å². The number of aromatic nitrogens is 2. The predicted octanol–water partition coefficient (Wildman–Crippen LogP) is 2.14. The number of nitrogens with zero attached hydrogens (tertiary/aromatic N) is 3. The molecule has 0 bridgehead atoms. The van der Waals surface area contributed by atoms with Gasteiger partial charge in [0.1, 0.15) is 6.67 Å². The lowest BCUT2D eigenvalue weighted by Crippen LogP contribution is -2.46. The maximum Gasteiger partial charge on any atom is 0.338 e. The molecule has 0 spiro atoms. The second-order valence-electron chi connectivity index (χ2n) is 6.03. The topological polar surface area (TPSA) is 87.5 Å². The summed E-state index contributed by atoms with van der Waals surface area (Å²) in [6.45, 7) is 0.210. The van der Waals surface area contributed by atoms with E-state index in [1.54, 1.807) is 11.1 Å². The van der Waals surface area contributed by atoms with Crippen molar-refractivity contribution in [2.45, 2.75) is 6.42 Å². The van der Waals surface area contributed by atoms with Crippen LogP contribution in [0.1, 0.15) is 31.8 Å². The molecule has 0 saturated heterocycles. The summed E-state index contributed by atoms with van der Waals surface area (Å²) in [7, 11) is 0. The molecule has 26 heavy (non-hydrogen) atoms. The van der Waals surface area contributed by atoms with E-state index in [1.165, 1.54) is 22.7 Å². The van der Waals surface area contributed by atoms with Crippen LogP contribution >= 0.6 is 0 Å². The Labute approximate surface area is 149 Å². The van der Waals surface area contributed by atoms with Gasteiger partial charge in [0.2, 0.25) is 0 Å². The Morgan fingerprint density at radius 3 is 2.69 bits per heavy atom. The van der Waals surface area contributed by atoms with Gasteiger partial charge in [-0.05, 0) is 29.7 Å². The molecule has 0 aliphatic carbocycles. The van der Waals surface area contributed by atoms with Gasteiger partial charge < -0.3 is 10.4 Å². The molecule has 7 nitrogen and oxygen atoms in total. The van der Waals surface area contributed by atoms with E-state index in [1.807, 2.05) is 30.3 Å². The van der Waals surface area contributed by atoms with Crippen molar-refractivity contribution < 1.29 is 14.7 Å². The number of hydrogen-bond acceptors (Lipinski definition) is 4. The molecule has 1 amide bonds. The number of rotatable bonds is 4. The lowest BCUT2D eigenvalue weighted by Gasteiger charge is -2.31. The fourth-order valence-electron chi connectivity index (χ4n) is 2.99. The largest absolute Gasteiger partial charge is 0.478 e. The fourth-order valence-corrected chi connectivity index (χ4v) is 2.99. The summed E-state index contributed by atoms with van der Waals surface area (Å²) in [5, 5.41) is 17.7. The van der Waals surface area contributed by atoms with Gasteiger partial charge in [0.15, 0.2) is 0 Å². The number of benzene rings is 2. The number of amides is 1. The summed E-state index contributed by atoms with van der Waals surface area (Å²) in [6.07, 6.45) is 3.45. The van der Waals surface area contributed by atoms with Crippen LogP contribution in [-0.2, 0) is 6.42 Å². The third kappa shape index (κ3) is 2.90. The molecule has 7 heteroatoms. The summed E-state index contributed by atoms with van der Waals surface area (Å²) in [5.41, 5.74) is 3.54. The summed E-state index contributed by atoms with van der Waals surface area (Å²) in [6, 6.07) is 15.7. The molecule has 2 N–H and O–H groups in total. The molecule has 3 aromatic rings. The average Bonchev–Trinajstić information content (AvgIpc) is 3.13. The van der Waals surface area contributed by atoms with Crippen LogP contribution in [0.25, 0.3) is 0 Å². The highest BCUT2D eigenvalue weighted by Crippen LogP contribution is 2.26. The highest BCUT2D eigenvalue weighted by atomic mass is 16.4. The quantitative estimate of drug-likeness (QED) is 0.754. The average molecular weight is 348 g/mol. The van der Waals surface area contributed by atoms with E-state index >= 15 is 0 Å². The van der Waals surface area contributed by atoms with Crippen LogP contribution in [0.4, 0.5) is 5.69 Å². The van der Waals surface area contributed by atoms with E-state index in [-0.39, 0.29) is 18.1 Å². The zero-order valence-electron chi connectivity index (χ0n) is 13.8. The van der Waals surface area contributed by atoms with Crippen LogP contribution in [0.2, 0.25) is 0 Å². The van der Waals surface area contributed by atoms with Crippen molar-refractivity contribution in [1.29, 1.82) is 0 Å². The molecule has 1 aliphatic rings. The van der Waals surface area contributed by atoms with E-state index in [0.29, 0.717) is 11.3 Å². The van der Waals surface area contributed by atoms with Crippen LogP contribution in [0.3, 0.4) is 0 Å². The van der Waals surface area contributed by atoms with Crippen molar-refractivity contribution in [3.8, 4) is 0 Å². The Morgan fingerprint density at radius 2 is 1.96 bits per heavy atom. The van der Waals surface area contributed by atoms with Gasteiger partial charge in [-0.3, -0.25) is 4.79 Å². The molecule has 1 aliphatic heterocycles. The van der Waals surface area contributed by atoms with Gasteiger partial charge in [-0.2, -0.15) is 9.89 Å². The first kappa shape index (κ1) is 15.9. The summed E-state index contributed by atoms with van der Waals surface area (Å²) in [5.74, 6) is -1.21. The second-order valence-corrected chi connectivity index (χ2v) is 6.03. The minimum atomic E-state index is -1.05. The molecule has 0 atom stereocenters. The molecule has 130 valence electrons. The normalized spacial score (nSPS) is 13.2. The van der Waals surface area contributed by atoms with Crippen molar-refractivity contribution in [2.24, 2.45) is 0 Å². The Kier molecular flexibility index (Phi) is 3.89. The van der Waals surface area contributed by atoms with Gasteiger partial charge in [-0.15, -0.1) is 0 Å². The predicted molar refractivity (Wildman–Crippen MR) is 95.1 cm³/mol. The van der Waals surface area contributed by atoms with Crippen LogP contribution in [0, 0.1) is 0 Å². The Morgan fingerprint density at radius 1 is 1.15 bits per heavy atom. The van der Waals surface area contributed by atoms with Gasteiger partial charge in [-0.25, -0.2) is 9.80 Å². The standard InChI is InChI=1S/C19H16N4O3/c24-18-16-7-6-14(8-13-4-2-1-3-5-13)9-17(16)22(12-20-18)23-11-15(10-21-23)19(25)26/h1-7,9-11H,8,12H2,(H,20,24)(H,25,26). The van der Waals surface area contributed by atoms with E-state index in [2.05, 4.69) is 22.5 Å². The van der Waals surface area contributed by atoms with E-state index < -0.39 is 5.97 Å². The van der Waals surface area contributed by atoms with Crippen molar-refractivity contribution in [3.63, 3.8) is 0 Å². The Bertz CT molecular complexity index is 981. The van der Waals surface area contributed by atoms with Crippen LogP contribution in [0.15, 0.2) is 60.9 Å². The number of carbonyl (C=O) groups is 2. The highest BCUT2D eigenvalue weighted by Gasteiger charge is 2.25. The first-order valence-electron chi connectivity index (χ1n) is 8.12. The van der Waals surface area contributed by atoms with E-state index in [4.69, 9.17) is 5.11 Å². The lowest BCUT2D eigenvalue weighted by atomic mass is 10.0. The molecule has 0 saturated carbocycles. The monoisotopic (exact) mass is 348 g/mol. The third-order valence-electron chi connectivity index (χ3n) is 4.29. The molecule has 2 aromatic carbocycles. The maximum absolute atomic E-state index is 12.2. The molecule has 0 radical (unpaired) electrons. The molecule has 0 unspecified atom stereocenters. The molecular weight excluding hydrogens is 332 g/mol. The van der Waals surface area contributed by atoms with Gasteiger partial charge in [0.05, 0.1) is 29.2 Å². The summed E-state index contributed by atoms with van der Waals surface area (Å²) < 4.78 is 0. The van der Waals surface area contributed by atoms with Crippen molar-refractivity contribution in [1.82, 2.24) is 15.2 Å². The number of carboxylic acid groups (broad SMARTS) is 1. The first-order chi connectivity index (χ1) is 12.6. The van der Waals surface area contributed by atoms with Gasteiger partial charge in [0, 0.05) is 0 Å². The number of carbonyl (C=O) groups excluding carboxylic acids is 1. The number of carboxylic acids is 1. The van der Waals surface area contributed by atoms with E-state index in [9.17, 15) is 9.59 Å².